The fourth-order valence-corrected chi connectivity index (χ4v) is 15.3. The highest BCUT2D eigenvalue weighted by atomic mass is 16.2. The van der Waals surface area contributed by atoms with Crippen molar-refractivity contribution in [1.29, 1.82) is 0 Å². The molecule has 1 saturated heterocycles. The molecule has 9 aromatic rings. The van der Waals surface area contributed by atoms with Crippen LogP contribution in [0.5, 0.6) is 0 Å². The predicted molar refractivity (Wildman–Crippen MR) is 338 cm³/mol. The van der Waals surface area contributed by atoms with Gasteiger partial charge in [-0.1, -0.05) is 40.5 Å². The van der Waals surface area contributed by atoms with Crippen LogP contribution < -0.4 is 0 Å². The number of Topliss-reactive ketones (excluding diaryl/α,β-unsaturated/α-hetero) is 4. The summed E-state index contributed by atoms with van der Waals surface area (Å²) in [5.41, 5.74) is 16.1. The normalized spacial score (nSPS) is 17.2. The molecular weight excluding hydrogens is 1110 g/mol. The molecule has 16 rings (SSSR count). The van der Waals surface area contributed by atoms with Crippen molar-refractivity contribution in [3.8, 4) is 0 Å². The van der Waals surface area contributed by atoms with Crippen molar-refractivity contribution in [2.24, 2.45) is 0 Å². The zero-order chi connectivity index (χ0) is 60.8. The highest BCUT2D eigenvalue weighted by Crippen LogP contribution is 2.43. The minimum atomic E-state index is -0.00262. The number of fused-ring (bicyclic) bond motifs is 21. The molecule has 0 spiro atoms. The van der Waals surface area contributed by atoms with E-state index in [0.717, 1.165) is 226 Å². The fraction of sp³-hybridized carbons (Fsp3) is 0.471. The van der Waals surface area contributed by atoms with Gasteiger partial charge in [0.25, 0.3) is 11.8 Å². The number of pyridine rings is 6. The Bertz CT molecular complexity index is 4190. The SMILES string of the molecule is CCN(CC)CCn1c2ncc3c(c2c2c4c(cnc21)C(=O)CC4)CCC3=O.CCN(CC)CCn1c2ncc3c(c2c2c4c(cnc21)C(=O)N(C)C4)CN(C)C3=O.O=C1CCc2c1cnc1c2c2c3c(cnc2n1CCN1CCCCCC1)C(=O)CC3. The second-order valence-electron chi connectivity index (χ2n) is 24.9. The van der Waals surface area contributed by atoms with E-state index in [1.165, 1.54) is 25.7 Å². The molecule has 4 aliphatic carbocycles. The molecule has 3 aliphatic heterocycles. The van der Waals surface area contributed by atoms with E-state index < -0.39 is 0 Å². The molecule has 12 heterocycles. The van der Waals surface area contributed by atoms with Crippen molar-refractivity contribution < 1.29 is 28.8 Å². The summed E-state index contributed by atoms with van der Waals surface area (Å²) in [6.45, 7) is 21.2. The molecule has 1 fully saturated rings. The molecule has 0 radical (unpaired) electrons. The summed E-state index contributed by atoms with van der Waals surface area (Å²) < 4.78 is 6.59. The van der Waals surface area contributed by atoms with Crippen LogP contribution in [-0.4, -0.2) is 176 Å². The van der Waals surface area contributed by atoms with E-state index in [-0.39, 0.29) is 34.9 Å². The Labute approximate surface area is 510 Å². The van der Waals surface area contributed by atoms with Crippen molar-refractivity contribution >= 4 is 101 Å². The molecule has 0 atom stereocenters. The number of hydrogen-bond acceptors (Lipinski definition) is 15. The number of aromatic nitrogens is 9. The maximum Gasteiger partial charge on any atom is 0.255 e. The smallest absolute Gasteiger partial charge is 0.255 e. The summed E-state index contributed by atoms with van der Waals surface area (Å²) in [6, 6.07) is 0. The Kier molecular flexibility index (Phi) is 15.1. The summed E-state index contributed by atoms with van der Waals surface area (Å²) >= 11 is 0. The number of carbonyl (C=O) groups is 6. The Hall–Kier alpha value is -8.20. The van der Waals surface area contributed by atoms with Gasteiger partial charge in [0, 0.05) is 184 Å². The molecular formula is C68H76N14O6. The van der Waals surface area contributed by atoms with Crippen LogP contribution in [0.1, 0.15) is 175 Å². The minimum Gasteiger partial charge on any atom is -0.337 e. The first-order valence-corrected chi connectivity index (χ1v) is 32.1. The van der Waals surface area contributed by atoms with Gasteiger partial charge in [0.1, 0.15) is 33.9 Å². The van der Waals surface area contributed by atoms with Crippen LogP contribution in [0.2, 0.25) is 0 Å². The van der Waals surface area contributed by atoms with Gasteiger partial charge in [-0.25, -0.2) is 29.9 Å². The highest BCUT2D eigenvalue weighted by molar-refractivity contribution is 6.19. The Morgan fingerprint density at radius 2 is 0.636 bits per heavy atom. The number of hydrogen-bond donors (Lipinski definition) is 0. The van der Waals surface area contributed by atoms with Crippen LogP contribution in [0.3, 0.4) is 0 Å². The molecule has 20 nitrogen and oxygen atoms in total. The van der Waals surface area contributed by atoms with Crippen LogP contribution in [0.25, 0.3) is 66.2 Å². The Morgan fingerprint density at radius 1 is 0.352 bits per heavy atom. The zero-order valence-corrected chi connectivity index (χ0v) is 51.6. The van der Waals surface area contributed by atoms with Crippen LogP contribution >= 0.6 is 0 Å². The number of amides is 2. The Morgan fingerprint density at radius 3 is 0.943 bits per heavy atom. The van der Waals surface area contributed by atoms with Crippen LogP contribution in [-0.2, 0) is 58.4 Å². The minimum absolute atomic E-state index is 0.00262. The number of likely N-dealkylation sites (N-methyl/N-ethyl adjacent to an activating group) is 2. The van der Waals surface area contributed by atoms with Gasteiger partial charge in [-0.05, 0) is 111 Å². The summed E-state index contributed by atoms with van der Waals surface area (Å²) in [4.78, 5) is 114. The zero-order valence-electron chi connectivity index (χ0n) is 51.6. The van der Waals surface area contributed by atoms with Crippen molar-refractivity contribution in [1.82, 2.24) is 68.1 Å². The largest absolute Gasteiger partial charge is 0.337 e. The first-order valence-electron chi connectivity index (χ1n) is 32.1. The molecule has 0 saturated carbocycles. The summed E-state index contributed by atoms with van der Waals surface area (Å²) in [5, 5.41) is 6.21. The van der Waals surface area contributed by atoms with Gasteiger partial charge >= 0.3 is 0 Å². The van der Waals surface area contributed by atoms with Crippen molar-refractivity contribution in [3.63, 3.8) is 0 Å². The van der Waals surface area contributed by atoms with Crippen LogP contribution in [0, 0.1) is 0 Å². The topological polar surface area (TPSA) is 211 Å². The van der Waals surface area contributed by atoms with E-state index in [9.17, 15) is 28.8 Å². The lowest BCUT2D eigenvalue weighted by atomic mass is 10.0. The van der Waals surface area contributed by atoms with Gasteiger partial charge in [0.05, 0.1) is 11.1 Å². The fourth-order valence-electron chi connectivity index (χ4n) is 15.3. The maximum atomic E-state index is 12.6. The van der Waals surface area contributed by atoms with Crippen molar-refractivity contribution in [2.75, 3.05) is 73.0 Å². The number of rotatable bonds is 13. The lowest BCUT2D eigenvalue weighted by Gasteiger charge is -2.20. The number of aryl methyl sites for hydroxylation is 4. The van der Waals surface area contributed by atoms with E-state index in [1.807, 2.05) is 14.1 Å². The monoisotopic (exact) mass is 1180 g/mol. The first-order chi connectivity index (χ1) is 42.8. The predicted octanol–water partition coefficient (Wildman–Crippen LogP) is 9.00. The van der Waals surface area contributed by atoms with Gasteiger partial charge in [-0.2, -0.15) is 0 Å². The van der Waals surface area contributed by atoms with Crippen LogP contribution in [0.4, 0.5) is 0 Å². The third-order valence-electron chi connectivity index (χ3n) is 20.2. The lowest BCUT2D eigenvalue weighted by Crippen LogP contribution is -2.28. The molecule has 9 aromatic heterocycles. The second kappa shape index (κ2) is 23.1. The maximum absolute atomic E-state index is 12.6. The summed E-state index contributed by atoms with van der Waals surface area (Å²) in [7, 11) is 3.63. The molecule has 0 bridgehead atoms. The number of carbonyl (C=O) groups excluding carboxylic acids is 6. The molecule has 7 aliphatic rings. The molecule has 20 heteroatoms. The van der Waals surface area contributed by atoms with Crippen molar-refractivity contribution in [3.05, 3.63) is 104 Å². The standard InChI is InChI=1S/C24H26N4O2.C22H26N6O2.C22H24N4O2/c29-19-7-5-15-17(19)13-25-23-21(15)22-16-6-8-20(30)18(16)14-26-24(22)28(23)12-11-27-9-3-1-2-4-10-27;1-5-27(6-2)7-8-28-19-17(15-11-25(3)21(29)13(15)9-23-19)18-16-12-26(4)22(30)14(16)10-24-20(18)28;1-3-25(4-2)9-10-26-21-19(13-5-7-17(27)15(13)11-23-21)20-14-6-8-18(28)16(14)12-24-22(20)26/h13-14H,1-12H2;9-10H,5-8,11-12H2,1-4H3;11-12H,3-10H2,1-2H3. The van der Waals surface area contributed by atoms with Gasteiger partial charge < -0.3 is 38.2 Å². The molecule has 2 amide bonds. The number of likely N-dealkylation sites (tertiary alicyclic amines) is 1. The van der Waals surface area contributed by atoms with Gasteiger partial charge in [0.15, 0.2) is 23.1 Å². The number of nitrogens with zero attached hydrogens (tertiary/aromatic N) is 14. The third kappa shape index (κ3) is 9.33. The summed E-state index contributed by atoms with van der Waals surface area (Å²) in [6.07, 6.45) is 20.8. The highest BCUT2D eigenvalue weighted by Gasteiger charge is 2.36. The van der Waals surface area contributed by atoms with E-state index in [2.05, 4.69) is 56.1 Å². The lowest BCUT2D eigenvalue weighted by molar-refractivity contribution is 0.0809. The molecule has 454 valence electrons. The first kappa shape index (κ1) is 57.5. The van der Waals surface area contributed by atoms with Gasteiger partial charge in [0.2, 0.25) is 0 Å². The molecule has 0 aromatic carbocycles. The van der Waals surface area contributed by atoms with Crippen LogP contribution in [0.15, 0.2) is 37.2 Å². The third-order valence-corrected chi connectivity index (χ3v) is 20.2. The molecule has 0 N–H and O–H groups in total. The van der Waals surface area contributed by atoms with Gasteiger partial charge in [-0.15, -0.1) is 0 Å². The molecule has 88 heavy (non-hydrogen) atoms. The molecule has 0 unspecified atom stereocenters. The van der Waals surface area contributed by atoms with Gasteiger partial charge in [-0.3, -0.25) is 28.8 Å². The van der Waals surface area contributed by atoms with E-state index in [0.29, 0.717) is 49.9 Å². The Balaban J connectivity index is 0.000000116. The average Bonchev–Trinajstić information content (AvgIpc) is 1.62. The van der Waals surface area contributed by atoms with E-state index >= 15 is 0 Å². The quantitative estimate of drug-likeness (QED) is 0.105. The van der Waals surface area contributed by atoms with Crippen molar-refractivity contribution in [2.45, 2.75) is 137 Å². The summed E-state index contributed by atoms with van der Waals surface area (Å²) in [5.74, 6) is 0.701. The average molecular weight is 1190 g/mol. The number of ketones is 4. The van der Waals surface area contributed by atoms with E-state index in [4.69, 9.17) is 29.9 Å². The second-order valence-corrected chi connectivity index (χ2v) is 24.9. The van der Waals surface area contributed by atoms with E-state index in [1.54, 1.807) is 47.0 Å².